The zero-order chi connectivity index (χ0) is 17.2. The van der Waals surface area contributed by atoms with Crippen LogP contribution in [-0.2, 0) is 14.8 Å². The molecule has 0 aliphatic rings. The van der Waals surface area contributed by atoms with Crippen LogP contribution in [0, 0.1) is 0 Å². The van der Waals surface area contributed by atoms with Crippen molar-refractivity contribution in [3.8, 4) is 0 Å². The quantitative estimate of drug-likeness (QED) is 0.699. The Bertz CT molecular complexity index is 1030. The van der Waals surface area contributed by atoms with Crippen LogP contribution in [0.2, 0.25) is 0 Å². The van der Waals surface area contributed by atoms with E-state index in [0.29, 0.717) is 15.3 Å². The van der Waals surface area contributed by atoms with Crippen molar-refractivity contribution in [1.82, 2.24) is 4.98 Å². The molecule has 2 aromatic carbocycles. The van der Waals surface area contributed by atoms with Gasteiger partial charge in [0.1, 0.15) is 0 Å². The Morgan fingerprint density at radius 3 is 2.62 bits per heavy atom. The molecular weight excluding hydrogens is 346 g/mol. The molecule has 0 bridgehead atoms. The average molecular weight is 359 g/mol. The summed E-state index contributed by atoms with van der Waals surface area (Å²) in [5.41, 5.74) is 1.50. The molecule has 0 radical (unpaired) electrons. The van der Waals surface area contributed by atoms with E-state index in [1.165, 1.54) is 29.5 Å². The first-order valence-corrected chi connectivity index (χ1v) is 9.25. The number of primary sulfonamides is 1. The lowest BCUT2D eigenvalue weighted by atomic mass is 10.2. The summed E-state index contributed by atoms with van der Waals surface area (Å²) in [7, 11) is -3.77. The normalized spacial score (nSPS) is 11.9. The maximum Gasteiger partial charge on any atom is 0.250 e. The number of sulfonamides is 1. The fraction of sp³-hybridized carbons (Fsp3) is 0. The smallest absolute Gasteiger partial charge is 0.250 e. The van der Waals surface area contributed by atoms with Crippen molar-refractivity contribution in [3.63, 3.8) is 0 Å². The first kappa shape index (κ1) is 16.3. The van der Waals surface area contributed by atoms with Gasteiger partial charge in [0.2, 0.25) is 15.9 Å². The van der Waals surface area contributed by atoms with Crippen LogP contribution < -0.4 is 10.5 Å². The van der Waals surface area contributed by atoms with Crippen molar-refractivity contribution in [2.75, 3.05) is 5.32 Å². The number of nitrogens with zero attached hydrogens (tertiary/aromatic N) is 1. The van der Waals surface area contributed by atoms with Crippen molar-refractivity contribution >= 4 is 48.7 Å². The highest BCUT2D eigenvalue weighted by Crippen LogP contribution is 2.27. The predicted molar refractivity (Wildman–Crippen MR) is 95.1 cm³/mol. The number of nitrogens with two attached hydrogens (primary N) is 1. The Kier molecular flexibility index (Phi) is 4.43. The highest BCUT2D eigenvalue weighted by molar-refractivity contribution is 7.89. The number of fused-ring (bicyclic) bond motifs is 1. The Hall–Kier alpha value is -2.55. The molecule has 0 unspecified atom stereocenters. The number of carbonyl (C=O) groups is 1. The summed E-state index contributed by atoms with van der Waals surface area (Å²) >= 11 is 1.18. The van der Waals surface area contributed by atoms with Crippen molar-refractivity contribution in [1.29, 1.82) is 0 Å². The van der Waals surface area contributed by atoms with E-state index in [-0.39, 0.29) is 10.8 Å². The number of amides is 1. The summed E-state index contributed by atoms with van der Waals surface area (Å²) in [6.07, 6.45) is 3.11. The van der Waals surface area contributed by atoms with Gasteiger partial charge in [0.25, 0.3) is 0 Å². The number of anilines is 1. The van der Waals surface area contributed by atoms with Gasteiger partial charge in [-0.25, -0.2) is 18.5 Å². The van der Waals surface area contributed by atoms with Crippen molar-refractivity contribution in [3.05, 3.63) is 60.2 Å². The lowest BCUT2D eigenvalue weighted by molar-refractivity contribution is -0.111. The van der Waals surface area contributed by atoms with Gasteiger partial charge in [0.15, 0.2) is 5.13 Å². The summed E-state index contributed by atoms with van der Waals surface area (Å²) in [5.74, 6) is -0.315. The Morgan fingerprint density at radius 1 is 1.17 bits per heavy atom. The van der Waals surface area contributed by atoms with Crippen molar-refractivity contribution < 1.29 is 13.2 Å². The zero-order valence-corrected chi connectivity index (χ0v) is 14.0. The van der Waals surface area contributed by atoms with Crippen LogP contribution in [0.5, 0.6) is 0 Å². The molecule has 3 rings (SSSR count). The first-order chi connectivity index (χ1) is 11.4. The Balaban J connectivity index is 1.78. The average Bonchev–Trinajstić information content (AvgIpc) is 2.94. The van der Waals surface area contributed by atoms with Crippen LogP contribution in [0.1, 0.15) is 5.56 Å². The van der Waals surface area contributed by atoms with Gasteiger partial charge in [0, 0.05) is 6.08 Å². The standard InChI is InChI=1S/C16H13N3O3S2/c17-24(21,22)12-7-8-13-14(10-12)23-16(18-13)19-15(20)9-6-11-4-2-1-3-5-11/h1-10H,(H2,17,21,22)(H,18,19,20). The third-order valence-electron chi connectivity index (χ3n) is 3.15. The minimum atomic E-state index is -3.77. The first-order valence-electron chi connectivity index (χ1n) is 6.89. The van der Waals surface area contributed by atoms with Crippen LogP contribution in [-0.4, -0.2) is 19.3 Å². The van der Waals surface area contributed by atoms with E-state index in [1.54, 1.807) is 12.1 Å². The molecule has 0 atom stereocenters. The lowest BCUT2D eigenvalue weighted by Crippen LogP contribution is -2.11. The predicted octanol–water partition coefficient (Wildman–Crippen LogP) is 2.60. The molecular formula is C16H13N3O3S2. The van der Waals surface area contributed by atoms with E-state index < -0.39 is 10.0 Å². The maximum absolute atomic E-state index is 11.9. The van der Waals surface area contributed by atoms with Gasteiger partial charge >= 0.3 is 0 Å². The number of hydrogen-bond acceptors (Lipinski definition) is 5. The number of carbonyl (C=O) groups excluding carboxylic acids is 1. The molecule has 6 nitrogen and oxygen atoms in total. The number of thiazole rings is 1. The molecule has 1 amide bonds. The van der Waals surface area contributed by atoms with E-state index in [4.69, 9.17) is 5.14 Å². The molecule has 8 heteroatoms. The number of aromatic nitrogens is 1. The van der Waals surface area contributed by atoms with Crippen LogP contribution in [0.25, 0.3) is 16.3 Å². The van der Waals surface area contributed by atoms with Crippen LogP contribution in [0.4, 0.5) is 5.13 Å². The number of nitrogens with one attached hydrogen (secondary N) is 1. The topological polar surface area (TPSA) is 102 Å². The Labute approximate surface area is 142 Å². The molecule has 24 heavy (non-hydrogen) atoms. The van der Waals surface area contributed by atoms with Gasteiger partial charge in [-0.1, -0.05) is 41.7 Å². The highest BCUT2D eigenvalue weighted by Gasteiger charge is 2.11. The molecule has 0 saturated carbocycles. The molecule has 0 fully saturated rings. The van der Waals surface area contributed by atoms with E-state index in [9.17, 15) is 13.2 Å². The largest absolute Gasteiger partial charge is 0.298 e. The monoisotopic (exact) mass is 359 g/mol. The molecule has 122 valence electrons. The van der Waals surface area contributed by atoms with E-state index in [2.05, 4.69) is 10.3 Å². The highest BCUT2D eigenvalue weighted by atomic mass is 32.2. The van der Waals surface area contributed by atoms with Gasteiger partial charge in [-0.15, -0.1) is 0 Å². The molecule has 1 aromatic heterocycles. The van der Waals surface area contributed by atoms with E-state index in [0.717, 1.165) is 5.56 Å². The molecule has 1 heterocycles. The van der Waals surface area contributed by atoms with Crippen LogP contribution >= 0.6 is 11.3 Å². The summed E-state index contributed by atoms with van der Waals surface area (Å²) in [4.78, 5) is 16.2. The number of benzene rings is 2. The molecule has 0 aliphatic heterocycles. The van der Waals surface area contributed by atoms with Gasteiger partial charge in [-0.05, 0) is 29.8 Å². The summed E-state index contributed by atoms with van der Waals surface area (Å²) in [6.45, 7) is 0. The summed E-state index contributed by atoms with van der Waals surface area (Å²) in [6, 6.07) is 13.8. The Morgan fingerprint density at radius 2 is 1.92 bits per heavy atom. The van der Waals surface area contributed by atoms with Gasteiger partial charge < -0.3 is 0 Å². The summed E-state index contributed by atoms with van der Waals surface area (Å²) in [5, 5.41) is 8.16. The fourth-order valence-electron chi connectivity index (χ4n) is 2.02. The number of hydrogen-bond donors (Lipinski definition) is 2. The van der Waals surface area contributed by atoms with Gasteiger partial charge in [-0.3, -0.25) is 10.1 Å². The van der Waals surface area contributed by atoms with Crippen LogP contribution in [0.15, 0.2) is 59.5 Å². The SMILES string of the molecule is NS(=O)(=O)c1ccc2nc(NC(=O)C=Cc3ccccc3)sc2c1. The minimum absolute atomic E-state index is 0.0144. The molecule has 3 N–H and O–H groups in total. The molecule has 3 aromatic rings. The molecule has 0 aliphatic carbocycles. The van der Waals surface area contributed by atoms with Crippen molar-refractivity contribution in [2.45, 2.75) is 4.90 Å². The van der Waals surface area contributed by atoms with Gasteiger partial charge in [-0.2, -0.15) is 0 Å². The van der Waals surface area contributed by atoms with Crippen LogP contribution in [0.3, 0.4) is 0 Å². The third kappa shape index (κ3) is 3.85. The molecule has 0 saturated heterocycles. The fourth-order valence-corrected chi connectivity index (χ4v) is 3.54. The third-order valence-corrected chi connectivity index (χ3v) is 4.99. The van der Waals surface area contributed by atoms with Gasteiger partial charge in [0.05, 0.1) is 15.1 Å². The minimum Gasteiger partial charge on any atom is -0.298 e. The zero-order valence-electron chi connectivity index (χ0n) is 12.3. The molecule has 0 spiro atoms. The lowest BCUT2D eigenvalue weighted by Gasteiger charge is -1.95. The van der Waals surface area contributed by atoms with Crippen molar-refractivity contribution in [2.24, 2.45) is 5.14 Å². The summed E-state index contributed by atoms with van der Waals surface area (Å²) < 4.78 is 23.4. The second-order valence-corrected chi connectivity index (χ2v) is 7.52. The number of rotatable bonds is 4. The second-order valence-electron chi connectivity index (χ2n) is 4.93. The second kappa shape index (κ2) is 6.52. The van der Waals surface area contributed by atoms with E-state index >= 15 is 0 Å². The van der Waals surface area contributed by atoms with E-state index in [1.807, 2.05) is 30.3 Å². The maximum atomic E-state index is 11.9.